The van der Waals surface area contributed by atoms with Gasteiger partial charge in [-0.1, -0.05) is 12.2 Å². The van der Waals surface area contributed by atoms with Crippen LogP contribution in [0.2, 0.25) is 0 Å². The average Bonchev–Trinajstić information content (AvgIpc) is 2.91. The molecule has 10 nitrogen and oxygen atoms in total. The molecule has 0 atom stereocenters. The Balaban J connectivity index is 2.43. The van der Waals surface area contributed by atoms with Crippen molar-refractivity contribution >= 4 is 23.9 Å². The van der Waals surface area contributed by atoms with E-state index in [0.717, 1.165) is 13.0 Å². The number of allylic oxidation sites excluding steroid dienone is 2. The van der Waals surface area contributed by atoms with Gasteiger partial charge in [-0.3, -0.25) is 9.59 Å². The molecule has 2 aromatic rings. The number of hydrogen-bond donors (Lipinski definition) is 1. The lowest BCUT2D eigenvalue weighted by Crippen LogP contribution is -2.10. The summed E-state index contributed by atoms with van der Waals surface area (Å²) in [5.41, 5.74) is 1.10. The van der Waals surface area contributed by atoms with Gasteiger partial charge in [0, 0.05) is 6.92 Å². The Kier molecular flexibility index (Phi) is 10.4. The Labute approximate surface area is 215 Å². The molecular weight excluding hydrogens is 484 g/mol. The molecule has 198 valence electrons. The normalized spacial score (nSPS) is 11.6. The van der Waals surface area contributed by atoms with Gasteiger partial charge in [-0.05, 0) is 47.5 Å². The molecule has 0 spiro atoms. The molecule has 0 heterocycles. The summed E-state index contributed by atoms with van der Waals surface area (Å²) in [5, 5.41) is 10.6. The van der Waals surface area contributed by atoms with Crippen LogP contribution in [0, 0.1) is 0 Å². The molecule has 1 N–H and O–H groups in total. The van der Waals surface area contributed by atoms with Crippen LogP contribution < -0.4 is 28.4 Å². The van der Waals surface area contributed by atoms with E-state index in [2.05, 4.69) is 0 Å². The first-order valence-corrected chi connectivity index (χ1v) is 10.8. The van der Waals surface area contributed by atoms with Crippen LogP contribution in [0.25, 0.3) is 12.2 Å². The van der Waals surface area contributed by atoms with Crippen LogP contribution in [0.15, 0.2) is 47.9 Å². The van der Waals surface area contributed by atoms with Gasteiger partial charge in [-0.2, -0.15) is 0 Å². The molecule has 2 rings (SSSR count). The molecule has 2 aromatic carbocycles. The first kappa shape index (κ1) is 28.6. The van der Waals surface area contributed by atoms with Crippen LogP contribution in [-0.2, 0) is 14.3 Å². The summed E-state index contributed by atoms with van der Waals surface area (Å²) in [4.78, 5) is 24.5. The molecule has 0 aliphatic heterocycles. The van der Waals surface area contributed by atoms with Gasteiger partial charge in [0.15, 0.2) is 28.8 Å². The van der Waals surface area contributed by atoms with Crippen LogP contribution in [0.1, 0.15) is 18.1 Å². The number of rotatable bonds is 12. The molecule has 37 heavy (non-hydrogen) atoms. The molecule has 10 heteroatoms. The molecule has 0 aliphatic rings. The predicted molar refractivity (Wildman–Crippen MR) is 137 cm³/mol. The lowest BCUT2D eigenvalue weighted by molar-refractivity contribution is -0.139. The zero-order valence-electron chi connectivity index (χ0n) is 21.7. The highest BCUT2D eigenvalue weighted by Crippen LogP contribution is 2.39. The van der Waals surface area contributed by atoms with Crippen molar-refractivity contribution in [2.75, 3.05) is 42.7 Å². The summed E-state index contributed by atoms with van der Waals surface area (Å²) in [5.74, 6) is -0.291. The first-order valence-electron chi connectivity index (χ1n) is 10.8. The molecule has 0 unspecified atom stereocenters. The van der Waals surface area contributed by atoms with Crippen LogP contribution in [-0.4, -0.2) is 59.5 Å². The molecule has 0 saturated carbocycles. The second kappa shape index (κ2) is 13.5. The minimum absolute atomic E-state index is 0.390. The number of aliphatic hydroxyl groups is 1. The van der Waals surface area contributed by atoms with Crippen molar-refractivity contribution in [1.82, 2.24) is 0 Å². The van der Waals surface area contributed by atoms with E-state index in [1.165, 1.54) is 60.9 Å². The maximum atomic E-state index is 12.9. The van der Waals surface area contributed by atoms with Crippen molar-refractivity contribution < 1.29 is 47.9 Å². The Morgan fingerprint density at radius 2 is 1.03 bits per heavy atom. The van der Waals surface area contributed by atoms with E-state index < -0.39 is 23.3 Å². The Morgan fingerprint density at radius 3 is 1.35 bits per heavy atom. The van der Waals surface area contributed by atoms with E-state index in [4.69, 9.17) is 33.2 Å². The molecule has 0 aliphatic carbocycles. The first-order chi connectivity index (χ1) is 17.7. The lowest BCUT2D eigenvalue weighted by Gasteiger charge is -2.13. The van der Waals surface area contributed by atoms with E-state index in [-0.39, 0.29) is 0 Å². The van der Waals surface area contributed by atoms with Gasteiger partial charge in [0.05, 0.1) is 42.7 Å². The van der Waals surface area contributed by atoms with E-state index in [9.17, 15) is 14.7 Å². The summed E-state index contributed by atoms with van der Waals surface area (Å²) >= 11 is 0. The monoisotopic (exact) mass is 514 g/mol. The number of hydrogen-bond acceptors (Lipinski definition) is 10. The minimum Gasteiger partial charge on any atom is -0.504 e. The third-order valence-electron chi connectivity index (χ3n) is 4.94. The molecule has 0 saturated heterocycles. The maximum absolute atomic E-state index is 12.9. The van der Waals surface area contributed by atoms with Crippen LogP contribution in [0.4, 0.5) is 0 Å². The van der Waals surface area contributed by atoms with Crippen LogP contribution in [0.3, 0.4) is 0 Å². The number of esters is 1. The molecule has 0 aromatic heterocycles. The van der Waals surface area contributed by atoms with E-state index in [0.29, 0.717) is 45.6 Å². The summed E-state index contributed by atoms with van der Waals surface area (Å²) < 4.78 is 36.8. The average molecular weight is 515 g/mol. The Bertz CT molecular complexity index is 1170. The van der Waals surface area contributed by atoms with Crippen molar-refractivity contribution in [3.63, 3.8) is 0 Å². The zero-order valence-corrected chi connectivity index (χ0v) is 21.7. The van der Waals surface area contributed by atoms with Gasteiger partial charge in [0.1, 0.15) is 0 Å². The van der Waals surface area contributed by atoms with Gasteiger partial charge in [-0.15, -0.1) is 0 Å². The minimum atomic E-state index is -0.780. The largest absolute Gasteiger partial charge is 0.504 e. The Hall–Kier alpha value is -4.60. The second-order valence-corrected chi connectivity index (χ2v) is 7.26. The Morgan fingerprint density at radius 1 is 0.649 bits per heavy atom. The number of ether oxygens (including phenoxy) is 7. The van der Waals surface area contributed by atoms with Gasteiger partial charge in [0.2, 0.25) is 23.0 Å². The topological polar surface area (TPSA) is 119 Å². The fraction of sp³-hybridized carbons (Fsp3) is 0.259. The fourth-order valence-electron chi connectivity index (χ4n) is 3.27. The summed E-state index contributed by atoms with van der Waals surface area (Å²) in [6.45, 7) is 1.12. The van der Waals surface area contributed by atoms with Crippen molar-refractivity contribution in [3.05, 3.63) is 59.1 Å². The fourth-order valence-corrected chi connectivity index (χ4v) is 3.27. The van der Waals surface area contributed by atoms with Gasteiger partial charge in [-0.25, -0.2) is 0 Å². The van der Waals surface area contributed by atoms with Crippen LogP contribution >= 0.6 is 0 Å². The summed E-state index contributed by atoms with van der Waals surface area (Å²) in [7, 11) is 8.84. The third kappa shape index (κ3) is 7.20. The van der Waals surface area contributed by atoms with Crippen molar-refractivity contribution in [2.45, 2.75) is 6.92 Å². The van der Waals surface area contributed by atoms with E-state index in [1.807, 2.05) is 0 Å². The standard InChI is InChI=1S/C27H30O10/c1-16(28)37-25(19(29)10-8-17-12-21(31-2)26(35-6)22(13-17)32-3)20(30)11-9-18-14-23(33-4)27(36-7)24(15-18)34-5/h8-15,29H,1-7H3/b10-8+,11-9+,25-19+. The molecule has 0 radical (unpaired) electrons. The lowest BCUT2D eigenvalue weighted by atomic mass is 10.1. The van der Waals surface area contributed by atoms with E-state index in [1.54, 1.807) is 24.3 Å². The highest BCUT2D eigenvalue weighted by atomic mass is 16.5. The number of carbonyl (C=O) groups excluding carboxylic acids is 2. The highest BCUT2D eigenvalue weighted by Gasteiger charge is 2.18. The zero-order chi connectivity index (χ0) is 27.5. The highest BCUT2D eigenvalue weighted by molar-refractivity contribution is 6.06. The smallest absolute Gasteiger partial charge is 0.308 e. The SMILES string of the molecule is COc1cc(/C=C/C(=O)/C(OC(C)=O)=C(O)/C=C/c2cc(OC)c(OC)c(OC)c2)cc(OC)c1OC. The molecule has 0 fully saturated rings. The number of ketones is 1. The number of benzene rings is 2. The van der Waals surface area contributed by atoms with Gasteiger partial charge < -0.3 is 38.3 Å². The van der Waals surface area contributed by atoms with Crippen molar-refractivity contribution in [2.24, 2.45) is 0 Å². The second-order valence-electron chi connectivity index (χ2n) is 7.26. The number of carbonyl (C=O) groups is 2. The quantitative estimate of drug-likeness (QED) is 0.189. The number of aliphatic hydroxyl groups excluding tert-OH is 1. The summed E-state index contributed by atoms with van der Waals surface area (Å²) in [6.07, 6.45) is 5.29. The third-order valence-corrected chi connectivity index (χ3v) is 4.94. The van der Waals surface area contributed by atoms with Crippen LogP contribution in [0.5, 0.6) is 34.5 Å². The number of methoxy groups -OCH3 is 6. The maximum Gasteiger partial charge on any atom is 0.308 e. The van der Waals surface area contributed by atoms with Gasteiger partial charge in [0.25, 0.3) is 0 Å². The van der Waals surface area contributed by atoms with Crippen molar-refractivity contribution in [3.8, 4) is 34.5 Å². The molecular formula is C27H30O10. The predicted octanol–water partition coefficient (Wildman–Crippen LogP) is 4.37. The molecule has 0 amide bonds. The van der Waals surface area contributed by atoms with E-state index >= 15 is 0 Å². The molecule has 0 bridgehead atoms. The summed E-state index contributed by atoms with van der Waals surface area (Å²) in [6, 6.07) is 6.54. The van der Waals surface area contributed by atoms with Crippen molar-refractivity contribution in [1.29, 1.82) is 0 Å². The van der Waals surface area contributed by atoms with Gasteiger partial charge >= 0.3 is 5.97 Å².